The van der Waals surface area contributed by atoms with Crippen molar-refractivity contribution in [3.63, 3.8) is 0 Å². The zero-order valence-electron chi connectivity index (χ0n) is 4.85. The molecule has 0 saturated carbocycles. The quantitative estimate of drug-likeness (QED) is 0.485. The molecule has 8 heavy (non-hydrogen) atoms. The first-order valence-corrected chi connectivity index (χ1v) is 3.28. The molecule has 2 atom stereocenters. The fourth-order valence-corrected chi connectivity index (χ4v) is 1.50. The van der Waals surface area contributed by atoms with Crippen molar-refractivity contribution in [2.24, 2.45) is 0 Å². The Balaban J connectivity index is 2.17. The Morgan fingerprint density at radius 3 is 3.25 bits per heavy atom. The van der Waals surface area contributed by atoms with E-state index in [1.54, 1.807) is 0 Å². The van der Waals surface area contributed by atoms with Crippen LogP contribution < -0.4 is 5.32 Å². The lowest BCUT2D eigenvalue weighted by Crippen LogP contribution is -2.30. The standard InChI is InChI=1S/C7H10N/c1-2-6-4-5-7(3-1)8-6/h2,6-8H,3-5H2. The Bertz CT molecular complexity index is 118. The molecule has 2 heterocycles. The van der Waals surface area contributed by atoms with Gasteiger partial charge in [-0.15, -0.1) is 0 Å². The summed E-state index contributed by atoms with van der Waals surface area (Å²) in [5.74, 6) is 0. The zero-order valence-corrected chi connectivity index (χ0v) is 4.85. The minimum atomic E-state index is 0.675. The van der Waals surface area contributed by atoms with Crippen LogP contribution in [0.5, 0.6) is 0 Å². The van der Waals surface area contributed by atoms with Crippen molar-refractivity contribution in [1.29, 1.82) is 0 Å². The maximum absolute atomic E-state index is 3.47. The minimum Gasteiger partial charge on any atom is -0.307 e. The van der Waals surface area contributed by atoms with Crippen molar-refractivity contribution in [2.75, 3.05) is 0 Å². The summed E-state index contributed by atoms with van der Waals surface area (Å²) in [4.78, 5) is 0. The topological polar surface area (TPSA) is 12.0 Å². The van der Waals surface area contributed by atoms with Gasteiger partial charge in [0, 0.05) is 12.1 Å². The molecule has 1 radical (unpaired) electrons. The van der Waals surface area contributed by atoms with Gasteiger partial charge in [-0.25, -0.2) is 0 Å². The lowest BCUT2D eigenvalue weighted by atomic mass is 10.2. The largest absolute Gasteiger partial charge is 0.307 e. The first-order valence-electron chi connectivity index (χ1n) is 3.28. The number of nitrogens with one attached hydrogen (secondary N) is 1. The highest BCUT2D eigenvalue weighted by atomic mass is 15.0. The van der Waals surface area contributed by atoms with E-state index in [0.717, 1.165) is 12.5 Å². The summed E-state index contributed by atoms with van der Waals surface area (Å²) in [6.07, 6.45) is 9.25. The fraction of sp³-hybridized carbons (Fsp3) is 0.714. The molecule has 1 nitrogen and oxygen atoms in total. The van der Waals surface area contributed by atoms with Gasteiger partial charge in [0.15, 0.2) is 0 Å². The van der Waals surface area contributed by atoms with Crippen molar-refractivity contribution in [3.05, 3.63) is 12.2 Å². The van der Waals surface area contributed by atoms with E-state index in [2.05, 4.69) is 17.5 Å². The van der Waals surface area contributed by atoms with Crippen LogP contribution in [0, 0.1) is 6.08 Å². The lowest BCUT2D eigenvalue weighted by molar-refractivity contribution is 0.558. The van der Waals surface area contributed by atoms with Crippen LogP contribution in [-0.4, -0.2) is 12.1 Å². The molecule has 0 aromatic heterocycles. The zero-order chi connectivity index (χ0) is 5.40. The highest BCUT2D eigenvalue weighted by molar-refractivity contribution is 5.02. The predicted octanol–water partition coefficient (Wildman–Crippen LogP) is 0.870. The van der Waals surface area contributed by atoms with E-state index in [1.807, 2.05) is 0 Å². The molecule has 1 fully saturated rings. The van der Waals surface area contributed by atoms with Gasteiger partial charge in [0.05, 0.1) is 0 Å². The lowest BCUT2D eigenvalue weighted by Gasteiger charge is -2.13. The SMILES string of the molecule is [C]1=CC2CCC(C1)N2. The highest BCUT2D eigenvalue weighted by Crippen LogP contribution is 2.19. The van der Waals surface area contributed by atoms with Gasteiger partial charge in [-0.2, -0.15) is 0 Å². The molecular formula is C7H10N. The van der Waals surface area contributed by atoms with E-state index in [1.165, 1.54) is 12.8 Å². The van der Waals surface area contributed by atoms with Crippen LogP contribution in [0.1, 0.15) is 19.3 Å². The summed E-state index contributed by atoms with van der Waals surface area (Å²) in [6.45, 7) is 0. The summed E-state index contributed by atoms with van der Waals surface area (Å²) >= 11 is 0. The molecule has 1 heteroatoms. The molecule has 1 N–H and O–H groups in total. The molecule has 1 saturated heterocycles. The Labute approximate surface area is 49.8 Å². The third-order valence-electron chi connectivity index (χ3n) is 1.96. The molecule has 0 spiro atoms. The second-order valence-electron chi connectivity index (χ2n) is 2.62. The van der Waals surface area contributed by atoms with Crippen molar-refractivity contribution >= 4 is 0 Å². The van der Waals surface area contributed by atoms with Gasteiger partial charge in [-0.3, -0.25) is 0 Å². The Morgan fingerprint density at radius 1 is 1.50 bits per heavy atom. The predicted molar refractivity (Wildman–Crippen MR) is 32.4 cm³/mol. The van der Waals surface area contributed by atoms with E-state index in [9.17, 15) is 0 Å². The Hall–Kier alpha value is -0.300. The molecule has 0 aliphatic carbocycles. The van der Waals surface area contributed by atoms with E-state index in [4.69, 9.17) is 0 Å². The van der Waals surface area contributed by atoms with Gasteiger partial charge < -0.3 is 5.32 Å². The smallest absolute Gasteiger partial charge is 0.0259 e. The molecule has 0 amide bonds. The normalized spacial score (nSPS) is 43.0. The number of fused-ring (bicyclic) bond motifs is 2. The Kier molecular flexibility index (Phi) is 0.908. The summed E-state index contributed by atoms with van der Waals surface area (Å²) in [5, 5.41) is 3.47. The van der Waals surface area contributed by atoms with Crippen LogP contribution in [-0.2, 0) is 0 Å². The molecule has 43 valence electrons. The average molecular weight is 108 g/mol. The van der Waals surface area contributed by atoms with Gasteiger partial charge in [0.1, 0.15) is 0 Å². The monoisotopic (exact) mass is 108 g/mol. The number of rotatable bonds is 0. The maximum atomic E-state index is 3.47. The van der Waals surface area contributed by atoms with Crippen molar-refractivity contribution < 1.29 is 0 Å². The molecule has 2 bridgehead atoms. The van der Waals surface area contributed by atoms with Gasteiger partial charge in [0.25, 0.3) is 0 Å². The van der Waals surface area contributed by atoms with Crippen molar-refractivity contribution in [1.82, 2.24) is 5.32 Å². The molecule has 2 aliphatic heterocycles. The fourth-order valence-electron chi connectivity index (χ4n) is 1.50. The van der Waals surface area contributed by atoms with Crippen LogP contribution >= 0.6 is 0 Å². The van der Waals surface area contributed by atoms with E-state index in [-0.39, 0.29) is 0 Å². The summed E-state index contributed by atoms with van der Waals surface area (Å²) in [7, 11) is 0. The van der Waals surface area contributed by atoms with Crippen LogP contribution in [0.15, 0.2) is 6.08 Å². The third-order valence-corrected chi connectivity index (χ3v) is 1.96. The molecule has 2 aliphatic rings. The summed E-state index contributed by atoms with van der Waals surface area (Å²) in [6, 6.07) is 1.44. The maximum Gasteiger partial charge on any atom is 0.0259 e. The first kappa shape index (κ1) is 4.57. The minimum absolute atomic E-state index is 0.675. The van der Waals surface area contributed by atoms with E-state index in [0.29, 0.717) is 6.04 Å². The number of hydrogen-bond donors (Lipinski definition) is 1. The first-order chi connectivity index (χ1) is 3.95. The van der Waals surface area contributed by atoms with Gasteiger partial charge in [-0.1, -0.05) is 6.08 Å². The second-order valence-corrected chi connectivity index (χ2v) is 2.62. The van der Waals surface area contributed by atoms with E-state index < -0.39 is 0 Å². The molecule has 0 aromatic carbocycles. The summed E-state index contributed by atoms with van der Waals surface area (Å²) < 4.78 is 0. The highest BCUT2D eigenvalue weighted by Gasteiger charge is 2.23. The van der Waals surface area contributed by atoms with Crippen LogP contribution in [0.25, 0.3) is 0 Å². The summed E-state index contributed by atoms with van der Waals surface area (Å²) in [5.41, 5.74) is 0. The molecule has 0 aromatic rings. The molecule has 2 rings (SSSR count). The average Bonchev–Trinajstić information content (AvgIpc) is 2.12. The molecule has 2 unspecified atom stereocenters. The van der Waals surface area contributed by atoms with Crippen LogP contribution in [0.2, 0.25) is 0 Å². The van der Waals surface area contributed by atoms with Gasteiger partial charge >= 0.3 is 0 Å². The van der Waals surface area contributed by atoms with Gasteiger partial charge in [0.2, 0.25) is 0 Å². The number of hydrogen-bond acceptors (Lipinski definition) is 1. The second kappa shape index (κ2) is 1.59. The van der Waals surface area contributed by atoms with Crippen molar-refractivity contribution in [2.45, 2.75) is 31.3 Å². The van der Waals surface area contributed by atoms with Crippen LogP contribution in [0.3, 0.4) is 0 Å². The molecular weight excluding hydrogens is 98.1 g/mol. The van der Waals surface area contributed by atoms with Crippen molar-refractivity contribution in [3.8, 4) is 0 Å². The van der Waals surface area contributed by atoms with Gasteiger partial charge in [-0.05, 0) is 25.3 Å². The van der Waals surface area contributed by atoms with Crippen LogP contribution in [0.4, 0.5) is 0 Å². The Morgan fingerprint density at radius 2 is 2.50 bits per heavy atom. The van der Waals surface area contributed by atoms with E-state index >= 15 is 0 Å². The third kappa shape index (κ3) is 0.583.